The number of fused-ring (bicyclic) bond motifs is 1. The van der Waals surface area contributed by atoms with Crippen LogP contribution in [0.2, 0.25) is 0 Å². The van der Waals surface area contributed by atoms with E-state index in [9.17, 15) is 15.0 Å². The zero-order valence-corrected chi connectivity index (χ0v) is 14.0. The lowest BCUT2D eigenvalue weighted by molar-refractivity contribution is -0.120. The van der Waals surface area contributed by atoms with Gasteiger partial charge in [0, 0.05) is 16.6 Å². The zero-order valence-electron chi connectivity index (χ0n) is 14.0. The number of anilines is 1. The van der Waals surface area contributed by atoms with E-state index in [-0.39, 0.29) is 29.6 Å². The van der Waals surface area contributed by atoms with Gasteiger partial charge in [0.2, 0.25) is 0 Å². The van der Waals surface area contributed by atoms with Gasteiger partial charge in [-0.05, 0) is 29.7 Å². The minimum atomic E-state index is -0.307. The van der Waals surface area contributed by atoms with Crippen LogP contribution in [-0.2, 0) is 4.79 Å². The zero-order chi connectivity index (χ0) is 18.5. The second-order valence-corrected chi connectivity index (χ2v) is 5.73. The Bertz CT molecular complexity index is 964. The molecule has 3 rings (SSSR count). The number of hydrogen-bond donors (Lipinski definition) is 5. The van der Waals surface area contributed by atoms with Gasteiger partial charge in [-0.3, -0.25) is 15.6 Å². The molecular weight excluding hydrogens is 330 g/mol. The maximum absolute atomic E-state index is 12.1. The number of aromatic hydroxyl groups is 2. The number of hydrazine groups is 1. The Balaban J connectivity index is 1.57. The van der Waals surface area contributed by atoms with Gasteiger partial charge in [0.05, 0.1) is 12.2 Å². The minimum Gasteiger partial charge on any atom is -0.508 e. The standard InChI is InChI=1S/C20H19N3O3/c1-13(17-11-15(24)9-10-19(17)25)22-23-20(26)12-21-18-8-4-6-14-5-2-3-7-16(14)18/h2-11,21-22,24-25H,1,12H2,(H,23,26). The van der Waals surface area contributed by atoms with Crippen LogP contribution >= 0.6 is 0 Å². The quantitative estimate of drug-likeness (QED) is 0.348. The van der Waals surface area contributed by atoms with Crippen molar-refractivity contribution in [3.05, 3.63) is 72.8 Å². The van der Waals surface area contributed by atoms with Crippen molar-refractivity contribution < 1.29 is 15.0 Å². The smallest absolute Gasteiger partial charge is 0.257 e. The van der Waals surface area contributed by atoms with Crippen LogP contribution < -0.4 is 16.2 Å². The summed E-state index contributed by atoms with van der Waals surface area (Å²) in [7, 11) is 0. The van der Waals surface area contributed by atoms with Gasteiger partial charge >= 0.3 is 0 Å². The van der Waals surface area contributed by atoms with Crippen LogP contribution in [0.25, 0.3) is 16.5 Å². The SMILES string of the molecule is C=C(NNC(=O)CNc1cccc2ccccc12)c1cc(O)ccc1O. The van der Waals surface area contributed by atoms with Crippen LogP contribution in [0.3, 0.4) is 0 Å². The van der Waals surface area contributed by atoms with Crippen molar-refractivity contribution in [2.75, 3.05) is 11.9 Å². The number of nitrogens with one attached hydrogen (secondary N) is 3. The number of benzene rings is 3. The van der Waals surface area contributed by atoms with Crippen LogP contribution in [0, 0.1) is 0 Å². The lowest BCUT2D eigenvalue weighted by Crippen LogP contribution is -2.39. The molecule has 0 aliphatic heterocycles. The lowest BCUT2D eigenvalue weighted by atomic mass is 10.1. The van der Waals surface area contributed by atoms with Crippen LogP contribution in [0.1, 0.15) is 5.56 Å². The van der Waals surface area contributed by atoms with Gasteiger partial charge in [0.25, 0.3) is 5.91 Å². The van der Waals surface area contributed by atoms with Crippen molar-refractivity contribution in [3.8, 4) is 11.5 Å². The van der Waals surface area contributed by atoms with Crippen molar-refractivity contribution in [2.24, 2.45) is 0 Å². The molecular formula is C20H19N3O3. The van der Waals surface area contributed by atoms with Crippen LogP contribution in [0.4, 0.5) is 5.69 Å². The van der Waals surface area contributed by atoms with E-state index in [1.54, 1.807) is 0 Å². The fourth-order valence-electron chi connectivity index (χ4n) is 2.58. The van der Waals surface area contributed by atoms with E-state index in [0.717, 1.165) is 16.5 Å². The molecule has 3 aromatic carbocycles. The monoisotopic (exact) mass is 349 g/mol. The van der Waals surface area contributed by atoms with Crippen LogP contribution in [0.5, 0.6) is 11.5 Å². The molecule has 132 valence electrons. The minimum absolute atomic E-state index is 0.00954. The second-order valence-electron chi connectivity index (χ2n) is 5.73. The Morgan fingerprint density at radius 3 is 2.58 bits per heavy atom. The van der Waals surface area contributed by atoms with Crippen molar-refractivity contribution >= 4 is 28.1 Å². The molecule has 0 bridgehead atoms. The Hall–Kier alpha value is -3.67. The topological polar surface area (TPSA) is 93.6 Å². The second kappa shape index (κ2) is 7.48. The van der Waals surface area contributed by atoms with Gasteiger partial charge in [-0.2, -0.15) is 0 Å². The highest BCUT2D eigenvalue weighted by Gasteiger charge is 2.08. The van der Waals surface area contributed by atoms with Crippen molar-refractivity contribution in [1.29, 1.82) is 0 Å². The molecule has 6 heteroatoms. The number of phenolic OH excluding ortho intramolecular Hbond substituents is 2. The number of amides is 1. The molecule has 0 unspecified atom stereocenters. The predicted octanol–water partition coefficient (Wildman–Crippen LogP) is 2.95. The molecule has 0 fully saturated rings. The van der Waals surface area contributed by atoms with E-state index in [4.69, 9.17) is 0 Å². The number of carbonyl (C=O) groups is 1. The molecule has 5 N–H and O–H groups in total. The van der Waals surface area contributed by atoms with Gasteiger partial charge in [0.1, 0.15) is 11.5 Å². The lowest BCUT2D eigenvalue weighted by Gasteiger charge is -2.14. The molecule has 6 nitrogen and oxygen atoms in total. The molecule has 0 aliphatic carbocycles. The summed E-state index contributed by atoms with van der Waals surface area (Å²) in [6.07, 6.45) is 0. The van der Waals surface area contributed by atoms with Gasteiger partial charge < -0.3 is 15.5 Å². The molecule has 0 heterocycles. The van der Waals surface area contributed by atoms with Crippen LogP contribution in [-0.4, -0.2) is 22.7 Å². The molecule has 3 aromatic rings. The largest absolute Gasteiger partial charge is 0.508 e. The maximum Gasteiger partial charge on any atom is 0.257 e. The van der Waals surface area contributed by atoms with E-state index < -0.39 is 0 Å². The first kappa shape index (κ1) is 17.2. The summed E-state index contributed by atoms with van der Waals surface area (Å²) in [4.78, 5) is 12.1. The van der Waals surface area contributed by atoms with Gasteiger partial charge in [0.15, 0.2) is 0 Å². The van der Waals surface area contributed by atoms with Crippen LogP contribution in [0.15, 0.2) is 67.2 Å². The Labute approximate surface area is 150 Å². The highest BCUT2D eigenvalue weighted by molar-refractivity contribution is 5.95. The van der Waals surface area contributed by atoms with Gasteiger partial charge in [-0.15, -0.1) is 0 Å². The molecule has 0 spiro atoms. The van der Waals surface area contributed by atoms with E-state index in [2.05, 4.69) is 22.7 Å². The Morgan fingerprint density at radius 1 is 0.962 bits per heavy atom. The number of hydrogen-bond acceptors (Lipinski definition) is 5. The van der Waals surface area contributed by atoms with E-state index in [0.29, 0.717) is 5.56 Å². The van der Waals surface area contributed by atoms with E-state index in [1.165, 1.54) is 18.2 Å². The van der Waals surface area contributed by atoms with Crippen molar-refractivity contribution in [2.45, 2.75) is 0 Å². The Morgan fingerprint density at radius 2 is 1.73 bits per heavy atom. The average Bonchev–Trinajstić information content (AvgIpc) is 2.66. The fourth-order valence-corrected chi connectivity index (χ4v) is 2.58. The highest BCUT2D eigenvalue weighted by atomic mass is 16.3. The third kappa shape index (κ3) is 3.87. The summed E-state index contributed by atoms with van der Waals surface area (Å²) in [6, 6.07) is 17.8. The third-order valence-electron chi connectivity index (χ3n) is 3.89. The summed E-state index contributed by atoms with van der Waals surface area (Å²) < 4.78 is 0. The van der Waals surface area contributed by atoms with Crippen molar-refractivity contribution in [1.82, 2.24) is 10.9 Å². The fraction of sp³-hybridized carbons (Fsp3) is 0.0500. The first-order chi connectivity index (χ1) is 12.5. The Kier molecular flexibility index (Phi) is 4.94. The van der Waals surface area contributed by atoms with Gasteiger partial charge in [-0.25, -0.2) is 0 Å². The van der Waals surface area contributed by atoms with E-state index >= 15 is 0 Å². The maximum atomic E-state index is 12.1. The number of carbonyl (C=O) groups excluding carboxylic acids is 1. The first-order valence-corrected chi connectivity index (χ1v) is 8.02. The number of rotatable bonds is 6. The first-order valence-electron chi connectivity index (χ1n) is 8.02. The predicted molar refractivity (Wildman–Crippen MR) is 103 cm³/mol. The normalized spacial score (nSPS) is 10.3. The molecule has 1 amide bonds. The highest BCUT2D eigenvalue weighted by Crippen LogP contribution is 2.26. The molecule has 0 aromatic heterocycles. The van der Waals surface area contributed by atoms with Crippen molar-refractivity contribution in [3.63, 3.8) is 0 Å². The third-order valence-corrected chi connectivity index (χ3v) is 3.89. The summed E-state index contributed by atoms with van der Waals surface area (Å²) in [5.41, 5.74) is 6.56. The summed E-state index contributed by atoms with van der Waals surface area (Å²) >= 11 is 0. The summed E-state index contributed by atoms with van der Waals surface area (Å²) in [5, 5.41) is 24.5. The molecule has 0 atom stereocenters. The van der Waals surface area contributed by atoms with Gasteiger partial charge in [-0.1, -0.05) is 43.0 Å². The molecule has 0 saturated carbocycles. The number of phenols is 2. The summed E-state index contributed by atoms with van der Waals surface area (Å²) in [6.45, 7) is 3.80. The molecule has 0 aliphatic rings. The molecule has 0 saturated heterocycles. The summed E-state index contributed by atoms with van der Waals surface area (Å²) in [5.74, 6) is -0.369. The molecule has 0 radical (unpaired) electrons. The molecule has 26 heavy (non-hydrogen) atoms. The average molecular weight is 349 g/mol. The van der Waals surface area contributed by atoms with E-state index in [1.807, 2.05) is 42.5 Å².